The third-order valence-electron chi connectivity index (χ3n) is 3.16. The van der Waals surface area contributed by atoms with Gasteiger partial charge in [-0.3, -0.25) is 14.6 Å². The highest BCUT2D eigenvalue weighted by atomic mass is 16.3. The number of nitrogens with zero attached hydrogens (tertiary/aromatic N) is 2. The highest BCUT2D eigenvalue weighted by Gasteiger charge is 2.40. The molecule has 1 aliphatic rings. The first-order chi connectivity index (χ1) is 8.99. The van der Waals surface area contributed by atoms with E-state index in [1.54, 1.807) is 0 Å². The molecule has 2 unspecified atom stereocenters. The molecule has 0 saturated carbocycles. The lowest BCUT2D eigenvalue weighted by atomic mass is 9.95. The van der Waals surface area contributed by atoms with E-state index in [1.165, 1.54) is 17.1 Å². The second kappa shape index (κ2) is 6.33. The first kappa shape index (κ1) is 15.2. The molecule has 1 N–H and O–H groups in total. The van der Waals surface area contributed by atoms with Gasteiger partial charge in [0.2, 0.25) is 5.91 Å². The normalized spacial score (nSPS) is 24.4. The molecule has 1 saturated heterocycles. The average Bonchev–Trinajstić information content (AvgIpc) is 2.45. The van der Waals surface area contributed by atoms with E-state index in [4.69, 9.17) is 0 Å². The Kier molecular flexibility index (Phi) is 5.06. The fourth-order valence-corrected chi connectivity index (χ4v) is 2.13. The van der Waals surface area contributed by atoms with Gasteiger partial charge in [-0.1, -0.05) is 25.7 Å². The predicted octanol–water partition coefficient (Wildman–Crippen LogP) is 1.52. The Morgan fingerprint density at radius 2 is 1.84 bits per heavy atom. The number of imide groups is 1. The lowest BCUT2D eigenvalue weighted by Gasteiger charge is -2.28. The smallest absolute Gasteiger partial charge is 0.329 e. The molecule has 1 fully saturated rings. The van der Waals surface area contributed by atoms with Crippen molar-refractivity contribution in [2.24, 2.45) is 5.92 Å². The summed E-state index contributed by atoms with van der Waals surface area (Å²) in [6.45, 7) is 12.9. The molecule has 104 valence electrons. The molecule has 0 radical (unpaired) electrons. The summed E-state index contributed by atoms with van der Waals surface area (Å²) in [4.78, 5) is 26.9. The summed E-state index contributed by atoms with van der Waals surface area (Å²) in [5.74, 6) is -0.906. The van der Waals surface area contributed by atoms with E-state index in [2.05, 4.69) is 19.7 Å². The van der Waals surface area contributed by atoms with Gasteiger partial charge in [0, 0.05) is 13.1 Å². The molecule has 1 heterocycles. The van der Waals surface area contributed by atoms with Gasteiger partial charge >= 0.3 is 6.03 Å². The van der Waals surface area contributed by atoms with E-state index in [0.717, 1.165) is 4.90 Å². The molecule has 5 heteroatoms. The summed E-state index contributed by atoms with van der Waals surface area (Å²) in [7, 11) is 0. The Morgan fingerprint density at radius 1 is 1.26 bits per heavy atom. The van der Waals surface area contributed by atoms with E-state index in [0.29, 0.717) is 12.0 Å². The zero-order valence-electron chi connectivity index (χ0n) is 11.2. The van der Waals surface area contributed by atoms with Crippen LogP contribution in [-0.4, -0.2) is 46.2 Å². The Hall–Kier alpha value is -1.88. The Bertz CT molecular complexity index is 417. The second-order valence-electron chi connectivity index (χ2n) is 4.37. The SMILES string of the molecule is C=CCN1C(=O)C(CC)C(=C)C(O)N(CC=C)C1=O. The molecule has 0 aromatic rings. The number of hydrogen-bond acceptors (Lipinski definition) is 3. The predicted molar refractivity (Wildman–Crippen MR) is 73.1 cm³/mol. The number of urea groups is 1. The minimum absolute atomic E-state index is 0.113. The standard InChI is InChI=1S/C14H20N2O3/c1-5-8-15-12(17)10(4)11(7-3)13(18)16(9-6-2)14(15)19/h5-6,11-12,17H,1-2,4,7-9H2,3H3. The monoisotopic (exact) mass is 264 g/mol. The summed E-state index contributed by atoms with van der Waals surface area (Å²) in [6, 6.07) is -0.547. The summed E-state index contributed by atoms with van der Waals surface area (Å²) in [5, 5.41) is 10.2. The fourth-order valence-electron chi connectivity index (χ4n) is 2.13. The maximum absolute atomic E-state index is 12.3. The van der Waals surface area contributed by atoms with Crippen molar-refractivity contribution in [3.05, 3.63) is 37.5 Å². The van der Waals surface area contributed by atoms with E-state index < -0.39 is 18.2 Å². The third kappa shape index (κ3) is 2.76. The van der Waals surface area contributed by atoms with Crippen molar-refractivity contribution in [1.29, 1.82) is 0 Å². The van der Waals surface area contributed by atoms with Crippen molar-refractivity contribution in [2.45, 2.75) is 19.6 Å². The van der Waals surface area contributed by atoms with E-state index in [-0.39, 0.29) is 19.0 Å². The highest BCUT2D eigenvalue weighted by Crippen LogP contribution is 2.27. The van der Waals surface area contributed by atoms with Crippen LogP contribution in [0, 0.1) is 5.92 Å². The lowest BCUT2D eigenvalue weighted by molar-refractivity contribution is -0.130. The molecule has 0 spiro atoms. The van der Waals surface area contributed by atoms with Crippen molar-refractivity contribution in [2.75, 3.05) is 13.1 Å². The molecule has 1 rings (SSSR count). The van der Waals surface area contributed by atoms with Gasteiger partial charge < -0.3 is 5.11 Å². The molecule has 0 aromatic carbocycles. The molecule has 5 nitrogen and oxygen atoms in total. The topological polar surface area (TPSA) is 60.9 Å². The van der Waals surface area contributed by atoms with Crippen LogP contribution in [0.25, 0.3) is 0 Å². The molecule has 0 aliphatic carbocycles. The number of aliphatic hydroxyl groups excluding tert-OH is 1. The van der Waals surface area contributed by atoms with Gasteiger partial charge in [-0.05, 0) is 12.0 Å². The molecule has 3 amide bonds. The largest absolute Gasteiger partial charge is 0.369 e. The zero-order valence-corrected chi connectivity index (χ0v) is 11.2. The van der Waals surface area contributed by atoms with Gasteiger partial charge in [0.25, 0.3) is 0 Å². The maximum atomic E-state index is 12.3. The van der Waals surface area contributed by atoms with Gasteiger partial charge in [0.1, 0.15) is 0 Å². The summed E-state index contributed by atoms with van der Waals surface area (Å²) in [5.41, 5.74) is 0.342. The van der Waals surface area contributed by atoms with Crippen LogP contribution in [0.15, 0.2) is 37.5 Å². The van der Waals surface area contributed by atoms with Gasteiger partial charge in [0.15, 0.2) is 6.23 Å². The molecular formula is C14H20N2O3. The number of rotatable bonds is 5. The summed E-state index contributed by atoms with van der Waals surface area (Å²) >= 11 is 0. The quantitative estimate of drug-likeness (QED) is 0.766. The van der Waals surface area contributed by atoms with Gasteiger partial charge in [-0.2, -0.15) is 0 Å². The Labute approximate surface area is 113 Å². The molecule has 2 atom stereocenters. The van der Waals surface area contributed by atoms with Crippen molar-refractivity contribution in [3.8, 4) is 0 Å². The minimum atomic E-state index is -1.17. The van der Waals surface area contributed by atoms with Gasteiger partial charge in [-0.15, -0.1) is 13.2 Å². The number of amides is 3. The maximum Gasteiger partial charge on any atom is 0.329 e. The number of carbonyl (C=O) groups excluding carboxylic acids is 2. The van der Waals surface area contributed by atoms with Crippen LogP contribution in [0.4, 0.5) is 4.79 Å². The second-order valence-corrected chi connectivity index (χ2v) is 4.37. The van der Waals surface area contributed by atoms with Crippen molar-refractivity contribution in [3.63, 3.8) is 0 Å². The van der Waals surface area contributed by atoms with Crippen molar-refractivity contribution in [1.82, 2.24) is 9.80 Å². The molecule has 0 aromatic heterocycles. The fraction of sp³-hybridized carbons (Fsp3) is 0.429. The van der Waals surface area contributed by atoms with Gasteiger partial charge in [0.05, 0.1) is 5.92 Å². The van der Waals surface area contributed by atoms with Crippen LogP contribution in [-0.2, 0) is 4.79 Å². The molecule has 19 heavy (non-hydrogen) atoms. The molecular weight excluding hydrogens is 244 g/mol. The van der Waals surface area contributed by atoms with Gasteiger partial charge in [-0.25, -0.2) is 4.79 Å². The number of aliphatic hydroxyl groups is 1. The van der Waals surface area contributed by atoms with Crippen LogP contribution < -0.4 is 0 Å². The Morgan fingerprint density at radius 3 is 2.32 bits per heavy atom. The third-order valence-corrected chi connectivity index (χ3v) is 3.16. The van der Waals surface area contributed by atoms with Crippen LogP contribution in [0.3, 0.4) is 0 Å². The van der Waals surface area contributed by atoms with Crippen molar-refractivity contribution < 1.29 is 14.7 Å². The van der Waals surface area contributed by atoms with E-state index >= 15 is 0 Å². The minimum Gasteiger partial charge on any atom is -0.369 e. The van der Waals surface area contributed by atoms with E-state index in [9.17, 15) is 14.7 Å². The first-order valence-electron chi connectivity index (χ1n) is 6.20. The Balaban J connectivity index is 3.23. The van der Waals surface area contributed by atoms with Crippen LogP contribution >= 0.6 is 0 Å². The van der Waals surface area contributed by atoms with E-state index in [1.807, 2.05) is 6.92 Å². The summed E-state index contributed by atoms with van der Waals surface area (Å²) < 4.78 is 0. The number of hydrogen-bond donors (Lipinski definition) is 1. The number of carbonyl (C=O) groups is 2. The first-order valence-corrected chi connectivity index (χ1v) is 6.20. The zero-order chi connectivity index (χ0) is 14.6. The average molecular weight is 264 g/mol. The molecule has 0 bridgehead atoms. The van der Waals surface area contributed by atoms with Crippen molar-refractivity contribution >= 4 is 11.9 Å². The van der Waals surface area contributed by atoms with Crippen LogP contribution in [0.2, 0.25) is 0 Å². The van der Waals surface area contributed by atoms with Crippen LogP contribution in [0.1, 0.15) is 13.3 Å². The summed E-state index contributed by atoms with van der Waals surface area (Å²) in [6.07, 6.45) is 2.29. The lowest BCUT2D eigenvalue weighted by Crippen LogP contribution is -2.47. The van der Waals surface area contributed by atoms with Crippen LogP contribution in [0.5, 0.6) is 0 Å². The highest BCUT2D eigenvalue weighted by molar-refractivity contribution is 5.98. The molecule has 1 aliphatic heterocycles.